The van der Waals surface area contributed by atoms with Crippen LogP contribution in [0.15, 0.2) is 53.0 Å². The Morgan fingerprint density at radius 1 is 1.15 bits per heavy atom. The lowest BCUT2D eigenvalue weighted by atomic mass is 10.1. The molecule has 0 aliphatic heterocycles. The van der Waals surface area contributed by atoms with Gasteiger partial charge in [-0.25, -0.2) is 0 Å². The number of carbonyl (C=O) groups excluding carboxylic acids is 1. The minimum Gasteiger partial charge on any atom is -0.493 e. The molecule has 0 atom stereocenters. The normalized spacial score (nSPS) is 11.0. The van der Waals surface area contributed by atoms with Crippen molar-refractivity contribution in [3.8, 4) is 11.5 Å². The van der Waals surface area contributed by atoms with E-state index in [2.05, 4.69) is 0 Å². The molecule has 1 aromatic carbocycles. The second kappa shape index (κ2) is 8.06. The Morgan fingerprint density at radius 3 is 2.62 bits per heavy atom. The molecule has 0 aliphatic rings. The number of hydrogen-bond acceptors (Lipinski definition) is 5. The van der Waals surface area contributed by atoms with Crippen LogP contribution in [0.1, 0.15) is 31.6 Å². The van der Waals surface area contributed by atoms with Gasteiger partial charge in [0, 0.05) is 15.3 Å². The van der Waals surface area contributed by atoms with Gasteiger partial charge < -0.3 is 13.9 Å². The van der Waals surface area contributed by atoms with Gasteiger partial charge in [-0.2, -0.15) is 0 Å². The van der Waals surface area contributed by atoms with Crippen LogP contribution in [0.2, 0.25) is 0 Å². The smallest absolute Gasteiger partial charge is 0.187 e. The maximum atomic E-state index is 12.3. The van der Waals surface area contributed by atoms with Crippen LogP contribution in [-0.2, 0) is 6.61 Å². The Bertz CT molecular complexity index is 933. The molecule has 0 N–H and O–H groups in total. The van der Waals surface area contributed by atoms with Crippen LogP contribution in [0.25, 0.3) is 6.08 Å². The molecule has 0 aliphatic carbocycles. The van der Waals surface area contributed by atoms with Gasteiger partial charge in [-0.1, -0.05) is 12.1 Å². The van der Waals surface area contributed by atoms with Crippen molar-refractivity contribution in [2.24, 2.45) is 0 Å². The number of carbonyl (C=O) groups is 1. The predicted molar refractivity (Wildman–Crippen MR) is 103 cm³/mol. The van der Waals surface area contributed by atoms with Crippen molar-refractivity contribution in [2.45, 2.75) is 20.5 Å². The van der Waals surface area contributed by atoms with Gasteiger partial charge in [0.15, 0.2) is 17.3 Å². The van der Waals surface area contributed by atoms with E-state index < -0.39 is 0 Å². The van der Waals surface area contributed by atoms with E-state index >= 15 is 0 Å². The Kier molecular flexibility index (Phi) is 5.58. The summed E-state index contributed by atoms with van der Waals surface area (Å²) in [5, 5.41) is 0. The van der Waals surface area contributed by atoms with Crippen LogP contribution in [0, 0.1) is 13.8 Å². The zero-order valence-electron chi connectivity index (χ0n) is 14.9. The van der Waals surface area contributed by atoms with Crippen molar-refractivity contribution < 1.29 is 18.7 Å². The first-order valence-electron chi connectivity index (χ1n) is 8.21. The molecule has 2 aromatic heterocycles. The SMILES string of the molecule is COc1ccccc1OCc1ccc(/C=C/C(=O)c2cc(C)sc2C)o1. The molecule has 0 bridgehead atoms. The molecular formula is C21H20O4S. The van der Waals surface area contributed by atoms with E-state index in [1.807, 2.05) is 56.3 Å². The molecule has 0 spiro atoms. The number of ketones is 1. The molecule has 0 radical (unpaired) electrons. The first-order valence-corrected chi connectivity index (χ1v) is 9.02. The van der Waals surface area contributed by atoms with Crippen molar-refractivity contribution in [1.82, 2.24) is 0 Å². The lowest BCUT2D eigenvalue weighted by Gasteiger charge is -2.08. The summed E-state index contributed by atoms with van der Waals surface area (Å²) in [5.41, 5.74) is 0.745. The Labute approximate surface area is 156 Å². The van der Waals surface area contributed by atoms with Crippen LogP contribution < -0.4 is 9.47 Å². The number of hydrogen-bond donors (Lipinski definition) is 0. The molecular weight excluding hydrogens is 348 g/mol. The molecule has 0 saturated carbocycles. The van der Waals surface area contributed by atoms with Crippen molar-refractivity contribution in [3.05, 3.63) is 75.4 Å². The van der Waals surface area contributed by atoms with E-state index in [-0.39, 0.29) is 12.4 Å². The lowest BCUT2D eigenvalue weighted by Crippen LogP contribution is -1.96. The fourth-order valence-corrected chi connectivity index (χ4v) is 3.50. The van der Waals surface area contributed by atoms with E-state index in [1.165, 1.54) is 6.08 Å². The number of allylic oxidation sites excluding steroid dienone is 1. The fraction of sp³-hybridized carbons (Fsp3) is 0.190. The fourth-order valence-electron chi connectivity index (χ4n) is 2.57. The van der Waals surface area contributed by atoms with Gasteiger partial charge in [-0.05, 0) is 56.3 Å². The molecule has 5 heteroatoms. The maximum Gasteiger partial charge on any atom is 0.187 e. The summed E-state index contributed by atoms with van der Waals surface area (Å²) >= 11 is 1.63. The van der Waals surface area contributed by atoms with Gasteiger partial charge in [0.25, 0.3) is 0 Å². The molecule has 0 unspecified atom stereocenters. The molecule has 0 saturated heterocycles. The topological polar surface area (TPSA) is 48.7 Å². The van der Waals surface area contributed by atoms with Crippen LogP contribution in [0.3, 0.4) is 0 Å². The molecule has 26 heavy (non-hydrogen) atoms. The van der Waals surface area contributed by atoms with Crippen molar-refractivity contribution in [1.29, 1.82) is 0 Å². The summed E-state index contributed by atoms with van der Waals surface area (Å²) in [5.74, 6) is 2.59. The summed E-state index contributed by atoms with van der Waals surface area (Å²) in [6.45, 7) is 4.24. The Balaban J connectivity index is 1.62. The second-order valence-electron chi connectivity index (χ2n) is 5.77. The highest BCUT2D eigenvalue weighted by molar-refractivity contribution is 7.12. The summed E-state index contributed by atoms with van der Waals surface area (Å²) < 4.78 is 16.7. The molecule has 4 nitrogen and oxygen atoms in total. The van der Waals surface area contributed by atoms with E-state index in [4.69, 9.17) is 13.9 Å². The van der Waals surface area contributed by atoms with Gasteiger partial charge >= 0.3 is 0 Å². The zero-order valence-corrected chi connectivity index (χ0v) is 15.8. The first-order chi connectivity index (χ1) is 12.6. The monoisotopic (exact) mass is 368 g/mol. The predicted octanol–water partition coefficient (Wildman–Crippen LogP) is 5.44. The highest BCUT2D eigenvalue weighted by Gasteiger charge is 2.10. The molecule has 3 aromatic rings. The number of para-hydroxylation sites is 2. The number of aryl methyl sites for hydroxylation is 2. The molecule has 3 rings (SSSR count). The van der Waals surface area contributed by atoms with Crippen molar-refractivity contribution in [2.75, 3.05) is 7.11 Å². The van der Waals surface area contributed by atoms with Crippen LogP contribution in [0.5, 0.6) is 11.5 Å². The zero-order chi connectivity index (χ0) is 18.5. The quantitative estimate of drug-likeness (QED) is 0.411. The number of furan rings is 1. The van der Waals surface area contributed by atoms with Crippen molar-refractivity contribution >= 4 is 23.2 Å². The van der Waals surface area contributed by atoms with Crippen molar-refractivity contribution in [3.63, 3.8) is 0 Å². The van der Waals surface area contributed by atoms with Gasteiger partial charge in [0.05, 0.1) is 7.11 Å². The molecule has 134 valence electrons. The Morgan fingerprint density at radius 2 is 1.92 bits per heavy atom. The van der Waals surface area contributed by atoms with Crippen LogP contribution >= 0.6 is 11.3 Å². The summed E-state index contributed by atoms with van der Waals surface area (Å²) in [7, 11) is 1.60. The van der Waals surface area contributed by atoms with Gasteiger partial charge in [0.1, 0.15) is 18.1 Å². The second-order valence-corrected chi connectivity index (χ2v) is 7.23. The largest absolute Gasteiger partial charge is 0.493 e. The third-order valence-corrected chi connectivity index (χ3v) is 4.79. The number of ether oxygens (including phenoxy) is 2. The first kappa shape index (κ1) is 18.0. The lowest BCUT2D eigenvalue weighted by molar-refractivity contribution is 0.104. The summed E-state index contributed by atoms with van der Waals surface area (Å²) in [6.07, 6.45) is 3.22. The van der Waals surface area contributed by atoms with Gasteiger partial charge in [-0.3, -0.25) is 4.79 Å². The van der Waals surface area contributed by atoms with E-state index in [0.29, 0.717) is 23.0 Å². The van der Waals surface area contributed by atoms with Gasteiger partial charge in [0.2, 0.25) is 0 Å². The minimum atomic E-state index is -0.0185. The molecule has 0 fully saturated rings. The summed E-state index contributed by atoms with van der Waals surface area (Å²) in [4.78, 5) is 14.4. The average Bonchev–Trinajstić information content (AvgIpc) is 3.23. The van der Waals surface area contributed by atoms with Crippen LogP contribution in [0.4, 0.5) is 0 Å². The highest BCUT2D eigenvalue weighted by Crippen LogP contribution is 2.27. The number of rotatable bonds is 7. The third kappa shape index (κ3) is 4.24. The van der Waals surface area contributed by atoms with Crippen LogP contribution in [-0.4, -0.2) is 12.9 Å². The number of benzene rings is 1. The number of methoxy groups -OCH3 is 1. The van der Waals surface area contributed by atoms with Gasteiger partial charge in [-0.15, -0.1) is 11.3 Å². The highest BCUT2D eigenvalue weighted by atomic mass is 32.1. The third-order valence-electron chi connectivity index (χ3n) is 3.83. The minimum absolute atomic E-state index is 0.0185. The Hall–Kier alpha value is -2.79. The van der Waals surface area contributed by atoms with E-state index in [9.17, 15) is 4.79 Å². The summed E-state index contributed by atoms with van der Waals surface area (Å²) in [6, 6.07) is 13.0. The van der Waals surface area contributed by atoms with E-state index in [1.54, 1.807) is 24.5 Å². The molecule has 0 amide bonds. The standard InChI is InChI=1S/C21H20O4S/c1-14-12-18(15(2)26-14)19(22)11-10-16-8-9-17(25-16)13-24-21-7-5-4-6-20(21)23-3/h4-12H,13H2,1-3H3/b11-10+. The molecule has 2 heterocycles. The number of thiophene rings is 1. The maximum absolute atomic E-state index is 12.3. The average molecular weight is 368 g/mol. The van der Waals surface area contributed by atoms with E-state index in [0.717, 1.165) is 15.3 Å².